The van der Waals surface area contributed by atoms with Gasteiger partial charge in [-0.3, -0.25) is 0 Å². The van der Waals surface area contributed by atoms with Gasteiger partial charge in [0.15, 0.2) is 0 Å². The summed E-state index contributed by atoms with van der Waals surface area (Å²) in [6.45, 7) is 0. The molecule has 9 aromatic rings. The topological polar surface area (TPSA) is 9.23 Å². The molecule has 2 aliphatic rings. The van der Waals surface area contributed by atoms with Crippen molar-refractivity contribution in [3.63, 3.8) is 0 Å². The molecule has 0 fully saturated rings. The van der Waals surface area contributed by atoms with E-state index < -0.39 is 5.41 Å². The average Bonchev–Trinajstić information content (AvgIpc) is 3.54. The molecule has 0 spiro atoms. The molecule has 0 aromatic heterocycles. The highest BCUT2D eigenvalue weighted by molar-refractivity contribution is 6.13. The zero-order chi connectivity index (χ0) is 34.9. The van der Waals surface area contributed by atoms with Crippen LogP contribution in [0.25, 0.3) is 43.8 Å². The lowest BCUT2D eigenvalue weighted by Crippen LogP contribution is -2.28. The van der Waals surface area contributed by atoms with E-state index in [1.54, 1.807) is 0 Å². The first-order valence-electron chi connectivity index (χ1n) is 18.5. The highest BCUT2D eigenvalue weighted by Gasteiger charge is 2.46. The van der Waals surface area contributed by atoms with Gasteiger partial charge in [-0.15, -0.1) is 0 Å². The minimum atomic E-state index is -0.427. The van der Waals surface area contributed by atoms with Crippen molar-refractivity contribution >= 4 is 21.5 Å². The fraction of sp³-hybridized carbons (Fsp3) is 0.0385. The number of fused-ring (bicyclic) bond motifs is 10. The van der Waals surface area contributed by atoms with E-state index in [0.29, 0.717) is 0 Å². The van der Waals surface area contributed by atoms with E-state index in [9.17, 15) is 0 Å². The molecule has 1 heteroatoms. The molecule has 0 N–H and O–H groups in total. The summed E-state index contributed by atoms with van der Waals surface area (Å²) in [4.78, 5) is 0. The normalized spacial score (nSPS) is 14.9. The van der Waals surface area contributed by atoms with Crippen molar-refractivity contribution in [2.45, 2.75) is 11.3 Å². The van der Waals surface area contributed by atoms with Gasteiger partial charge in [0.05, 0.1) is 5.41 Å². The molecular formula is C52H34O. The number of benzene rings is 9. The molecule has 1 aliphatic heterocycles. The summed E-state index contributed by atoms with van der Waals surface area (Å²) in [5.74, 6) is 1.91. The van der Waals surface area contributed by atoms with Crippen molar-refractivity contribution in [1.82, 2.24) is 0 Å². The Kier molecular flexibility index (Phi) is 6.60. The van der Waals surface area contributed by atoms with Gasteiger partial charge >= 0.3 is 0 Å². The van der Waals surface area contributed by atoms with E-state index in [4.69, 9.17) is 4.74 Å². The summed E-state index contributed by atoms with van der Waals surface area (Å²) in [7, 11) is 0. The first-order valence-corrected chi connectivity index (χ1v) is 18.5. The molecule has 1 aliphatic carbocycles. The number of rotatable bonds is 4. The van der Waals surface area contributed by atoms with Crippen LogP contribution in [-0.4, -0.2) is 0 Å². The molecule has 0 amide bonds. The Morgan fingerprint density at radius 1 is 0.396 bits per heavy atom. The van der Waals surface area contributed by atoms with Gasteiger partial charge in [0, 0.05) is 22.4 Å². The standard InChI is InChI=1S/C52H34O/c1-3-15-37(16-4-1)52(38-17-5-2-6-18-38)46-25-13-11-21-41(46)42-32-31-36(33-47(42)52)34-27-29-35(30-28-34)49-45-24-12-14-26-48(45)53-51-44-23-10-8-20-40(44)39-19-7-9-22-43(39)50(49)51/h1-33,49H. The van der Waals surface area contributed by atoms with Gasteiger partial charge in [-0.1, -0.05) is 188 Å². The zero-order valence-electron chi connectivity index (χ0n) is 29.0. The zero-order valence-corrected chi connectivity index (χ0v) is 29.0. The first-order chi connectivity index (χ1) is 26.3. The second kappa shape index (κ2) is 11.7. The molecule has 1 heterocycles. The van der Waals surface area contributed by atoms with E-state index in [2.05, 4.69) is 200 Å². The monoisotopic (exact) mass is 674 g/mol. The molecule has 1 unspecified atom stereocenters. The third kappa shape index (κ3) is 4.31. The highest BCUT2D eigenvalue weighted by atomic mass is 16.5. The third-order valence-electron chi connectivity index (χ3n) is 11.7. The van der Waals surface area contributed by atoms with Crippen LogP contribution in [0.1, 0.15) is 44.9 Å². The minimum Gasteiger partial charge on any atom is -0.456 e. The van der Waals surface area contributed by atoms with Crippen LogP contribution in [0.3, 0.4) is 0 Å². The van der Waals surface area contributed by atoms with Crippen molar-refractivity contribution in [3.05, 3.63) is 239 Å². The molecule has 1 atom stereocenters. The predicted molar refractivity (Wildman–Crippen MR) is 218 cm³/mol. The quantitative estimate of drug-likeness (QED) is 0.169. The lowest BCUT2D eigenvalue weighted by atomic mass is 9.67. The van der Waals surface area contributed by atoms with Crippen LogP contribution < -0.4 is 4.74 Å². The van der Waals surface area contributed by atoms with Crippen LogP contribution in [0.2, 0.25) is 0 Å². The SMILES string of the molecule is c1ccc(C2(c3ccccc3)c3ccccc3-c3ccc(-c4ccc(C5c6ccccc6Oc6c5c5ccccc5c5ccccc65)cc4)cc32)cc1. The lowest BCUT2D eigenvalue weighted by molar-refractivity contribution is 0.460. The number of para-hydroxylation sites is 1. The van der Waals surface area contributed by atoms with Crippen molar-refractivity contribution < 1.29 is 4.74 Å². The van der Waals surface area contributed by atoms with Crippen molar-refractivity contribution in [1.29, 1.82) is 0 Å². The van der Waals surface area contributed by atoms with Crippen LogP contribution in [0, 0.1) is 0 Å². The Hall–Kier alpha value is -6.70. The van der Waals surface area contributed by atoms with E-state index in [1.165, 1.54) is 77.4 Å². The predicted octanol–water partition coefficient (Wildman–Crippen LogP) is 13.3. The lowest BCUT2D eigenvalue weighted by Gasteiger charge is -2.34. The largest absolute Gasteiger partial charge is 0.456 e. The van der Waals surface area contributed by atoms with Crippen LogP contribution >= 0.6 is 0 Å². The van der Waals surface area contributed by atoms with Crippen molar-refractivity contribution in [2.24, 2.45) is 0 Å². The second-order valence-corrected chi connectivity index (χ2v) is 14.3. The molecule has 248 valence electrons. The van der Waals surface area contributed by atoms with Crippen molar-refractivity contribution in [2.75, 3.05) is 0 Å². The summed E-state index contributed by atoms with van der Waals surface area (Å²) >= 11 is 0. The summed E-state index contributed by atoms with van der Waals surface area (Å²) in [5.41, 5.74) is 13.5. The number of hydrogen-bond donors (Lipinski definition) is 0. The third-order valence-corrected chi connectivity index (χ3v) is 11.7. The fourth-order valence-corrected chi connectivity index (χ4v) is 9.45. The van der Waals surface area contributed by atoms with E-state index in [1.807, 2.05) is 0 Å². The Morgan fingerprint density at radius 3 is 1.68 bits per heavy atom. The van der Waals surface area contributed by atoms with Crippen LogP contribution in [0.15, 0.2) is 200 Å². The molecule has 1 nitrogen and oxygen atoms in total. The highest BCUT2D eigenvalue weighted by Crippen LogP contribution is 2.57. The average molecular weight is 675 g/mol. The van der Waals surface area contributed by atoms with Crippen LogP contribution in [0.5, 0.6) is 11.5 Å². The molecular weight excluding hydrogens is 641 g/mol. The summed E-state index contributed by atoms with van der Waals surface area (Å²) < 4.78 is 6.81. The molecule has 9 aromatic carbocycles. The number of ether oxygens (including phenoxy) is 1. The summed E-state index contributed by atoms with van der Waals surface area (Å²) in [6, 6.07) is 73.4. The van der Waals surface area contributed by atoms with Crippen LogP contribution in [0.4, 0.5) is 0 Å². The van der Waals surface area contributed by atoms with Crippen molar-refractivity contribution in [3.8, 4) is 33.8 Å². The Balaban J connectivity index is 1.09. The molecule has 11 rings (SSSR count). The van der Waals surface area contributed by atoms with Gasteiger partial charge in [-0.05, 0) is 78.4 Å². The van der Waals surface area contributed by atoms with Gasteiger partial charge in [0.25, 0.3) is 0 Å². The Labute approximate surface area is 309 Å². The van der Waals surface area contributed by atoms with Gasteiger partial charge in [0.1, 0.15) is 11.5 Å². The Bertz CT molecular complexity index is 2810. The molecule has 0 saturated carbocycles. The maximum Gasteiger partial charge on any atom is 0.140 e. The Morgan fingerprint density at radius 2 is 0.943 bits per heavy atom. The van der Waals surface area contributed by atoms with E-state index in [0.717, 1.165) is 16.9 Å². The van der Waals surface area contributed by atoms with Gasteiger partial charge in [-0.2, -0.15) is 0 Å². The van der Waals surface area contributed by atoms with Gasteiger partial charge in [0.2, 0.25) is 0 Å². The molecule has 0 bridgehead atoms. The van der Waals surface area contributed by atoms with E-state index in [-0.39, 0.29) is 5.92 Å². The van der Waals surface area contributed by atoms with E-state index >= 15 is 0 Å². The molecule has 0 radical (unpaired) electrons. The maximum atomic E-state index is 6.81. The minimum absolute atomic E-state index is 0.0248. The van der Waals surface area contributed by atoms with Gasteiger partial charge < -0.3 is 4.74 Å². The summed E-state index contributed by atoms with van der Waals surface area (Å²) in [5, 5.41) is 4.86. The summed E-state index contributed by atoms with van der Waals surface area (Å²) in [6.07, 6.45) is 0. The first kappa shape index (κ1) is 30.0. The second-order valence-electron chi connectivity index (χ2n) is 14.3. The number of hydrogen-bond acceptors (Lipinski definition) is 1. The molecule has 53 heavy (non-hydrogen) atoms. The smallest absolute Gasteiger partial charge is 0.140 e. The van der Waals surface area contributed by atoms with Gasteiger partial charge in [-0.25, -0.2) is 0 Å². The fourth-order valence-electron chi connectivity index (χ4n) is 9.45. The van der Waals surface area contributed by atoms with Crippen LogP contribution in [-0.2, 0) is 5.41 Å². The molecule has 0 saturated heterocycles. The maximum absolute atomic E-state index is 6.81.